The van der Waals surface area contributed by atoms with Crippen molar-refractivity contribution in [1.82, 2.24) is 14.6 Å². The van der Waals surface area contributed by atoms with E-state index in [-0.39, 0.29) is 16.2 Å². The molecule has 0 bridgehead atoms. The van der Waals surface area contributed by atoms with Crippen molar-refractivity contribution in [3.05, 3.63) is 54.7 Å². The molecule has 0 unspecified atom stereocenters. The number of fused-ring (bicyclic) bond motifs is 1. The lowest BCUT2D eigenvalue weighted by Gasteiger charge is -2.06. The lowest BCUT2D eigenvalue weighted by molar-refractivity contribution is 0.402. The van der Waals surface area contributed by atoms with Gasteiger partial charge in [-0.05, 0) is 31.2 Å². The number of thiazole rings is 1. The first-order chi connectivity index (χ1) is 11.0. The zero-order chi connectivity index (χ0) is 16.6. The molecule has 8 heteroatoms. The highest BCUT2D eigenvalue weighted by molar-refractivity contribution is 7.15. The summed E-state index contributed by atoms with van der Waals surface area (Å²) in [6, 6.07) is 5.29. The van der Waals surface area contributed by atoms with Crippen LogP contribution in [-0.4, -0.2) is 28.8 Å². The van der Waals surface area contributed by atoms with E-state index in [0.717, 1.165) is 15.9 Å². The highest BCUT2D eigenvalue weighted by Gasteiger charge is 2.09. The van der Waals surface area contributed by atoms with Crippen LogP contribution < -0.4 is 25.1 Å². The van der Waals surface area contributed by atoms with Crippen LogP contribution in [0.1, 0.15) is 11.3 Å². The average Bonchev–Trinajstić information content (AvgIpc) is 2.83. The van der Waals surface area contributed by atoms with Crippen LogP contribution in [0.4, 0.5) is 0 Å². The van der Waals surface area contributed by atoms with Gasteiger partial charge in [0.2, 0.25) is 4.96 Å². The number of nitrogens with zero attached hydrogens (tertiary/aromatic N) is 3. The third kappa shape index (κ3) is 2.68. The first-order valence-corrected chi connectivity index (χ1v) is 7.49. The van der Waals surface area contributed by atoms with Crippen LogP contribution in [-0.2, 0) is 0 Å². The maximum atomic E-state index is 12.4. The van der Waals surface area contributed by atoms with Gasteiger partial charge in [0, 0.05) is 5.56 Å². The Labute approximate surface area is 134 Å². The molecule has 0 N–H and O–H groups in total. The normalized spacial score (nSPS) is 11.9. The van der Waals surface area contributed by atoms with Crippen molar-refractivity contribution >= 4 is 22.4 Å². The molecule has 3 aromatic rings. The summed E-state index contributed by atoms with van der Waals surface area (Å²) in [6.45, 7) is 1.52. The van der Waals surface area contributed by atoms with E-state index >= 15 is 0 Å². The molecule has 0 aliphatic rings. The van der Waals surface area contributed by atoms with Gasteiger partial charge in [-0.25, -0.2) is 0 Å². The SMILES string of the molecule is COc1ccc(OC)c(/C=c2\sc3nc(=O)c(C)nn3c2=O)c1. The molecule has 2 heterocycles. The monoisotopic (exact) mass is 331 g/mol. The molecule has 0 saturated carbocycles. The Balaban J connectivity index is 2.28. The van der Waals surface area contributed by atoms with Gasteiger partial charge in [0.25, 0.3) is 11.1 Å². The summed E-state index contributed by atoms with van der Waals surface area (Å²) in [5.74, 6) is 1.25. The number of methoxy groups -OCH3 is 2. The second-order valence-electron chi connectivity index (χ2n) is 4.72. The molecular formula is C15H13N3O4S. The van der Waals surface area contributed by atoms with Crippen LogP contribution in [0, 0.1) is 6.92 Å². The van der Waals surface area contributed by atoms with Gasteiger partial charge in [-0.1, -0.05) is 11.3 Å². The van der Waals surface area contributed by atoms with Gasteiger partial charge in [0.15, 0.2) is 0 Å². The van der Waals surface area contributed by atoms with Crippen LogP contribution in [0.5, 0.6) is 11.5 Å². The maximum Gasteiger partial charge on any atom is 0.295 e. The molecule has 23 heavy (non-hydrogen) atoms. The quantitative estimate of drug-likeness (QED) is 0.690. The minimum absolute atomic E-state index is 0.183. The van der Waals surface area contributed by atoms with E-state index in [1.54, 1.807) is 38.5 Å². The molecule has 2 aromatic heterocycles. The second kappa shape index (κ2) is 5.81. The van der Waals surface area contributed by atoms with Gasteiger partial charge in [-0.3, -0.25) is 9.59 Å². The van der Waals surface area contributed by atoms with E-state index in [0.29, 0.717) is 21.6 Å². The molecule has 0 saturated heterocycles. The fourth-order valence-corrected chi connectivity index (χ4v) is 2.98. The Bertz CT molecular complexity index is 1050. The van der Waals surface area contributed by atoms with E-state index in [1.165, 1.54) is 6.92 Å². The van der Waals surface area contributed by atoms with Gasteiger partial charge in [0.05, 0.1) is 18.8 Å². The van der Waals surface area contributed by atoms with Crippen molar-refractivity contribution in [1.29, 1.82) is 0 Å². The Morgan fingerprint density at radius 2 is 2.00 bits per heavy atom. The van der Waals surface area contributed by atoms with Crippen LogP contribution in [0.25, 0.3) is 11.0 Å². The number of hydrogen-bond donors (Lipinski definition) is 0. The maximum absolute atomic E-state index is 12.4. The molecular weight excluding hydrogens is 318 g/mol. The van der Waals surface area contributed by atoms with E-state index < -0.39 is 5.56 Å². The Morgan fingerprint density at radius 3 is 2.70 bits per heavy atom. The first kappa shape index (κ1) is 15.2. The molecule has 0 aliphatic heterocycles. The summed E-state index contributed by atoms with van der Waals surface area (Å²) in [4.78, 5) is 28.1. The molecule has 0 aliphatic carbocycles. The van der Waals surface area contributed by atoms with E-state index in [1.807, 2.05) is 0 Å². The van der Waals surface area contributed by atoms with Crippen LogP contribution in [0.2, 0.25) is 0 Å². The molecule has 3 rings (SSSR count). The van der Waals surface area contributed by atoms with E-state index in [2.05, 4.69) is 10.1 Å². The fraction of sp³-hybridized carbons (Fsp3) is 0.200. The van der Waals surface area contributed by atoms with Crippen molar-refractivity contribution in [2.24, 2.45) is 0 Å². The van der Waals surface area contributed by atoms with Gasteiger partial charge in [-0.2, -0.15) is 14.6 Å². The zero-order valence-electron chi connectivity index (χ0n) is 12.7. The molecule has 0 spiro atoms. The highest BCUT2D eigenvalue weighted by atomic mass is 32.1. The molecule has 0 atom stereocenters. The van der Waals surface area contributed by atoms with Gasteiger partial charge in [0.1, 0.15) is 17.2 Å². The summed E-state index contributed by atoms with van der Waals surface area (Å²) < 4.78 is 12.0. The summed E-state index contributed by atoms with van der Waals surface area (Å²) >= 11 is 1.10. The fourth-order valence-electron chi connectivity index (χ4n) is 2.08. The predicted molar refractivity (Wildman–Crippen MR) is 86.5 cm³/mol. The van der Waals surface area contributed by atoms with Crippen molar-refractivity contribution in [3.63, 3.8) is 0 Å². The van der Waals surface area contributed by atoms with Crippen molar-refractivity contribution in [3.8, 4) is 11.5 Å². The van der Waals surface area contributed by atoms with Crippen molar-refractivity contribution in [2.75, 3.05) is 14.2 Å². The molecule has 7 nitrogen and oxygen atoms in total. The third-order valence-electron chi connectivity index (χ3n) is 3.27. The summed E-state index contributed by atoms with van der Waals surface area (Å²) in [7, 11) is 3.11. The Hall–Kier alpha value is -2.74. The number of rotatable bonds is 3. The van der Waals surface area contributed by atoms with E-state index in [9.17, 15) is 9.59 Å². The lowest BCUT2D eigenvalue weighted by atomic mass is 10.2. The topological polar surface area (TPSA) is 82.8 Å². The van der Waals surface area contributed by atoms with Gasteiger partial charge in [-0.15, -0.1) is 0 Å². The Morgan fingerprint density at radius 1 is 1.22 bits per heavy atom. The zero-order valence-corrected chi connectivity index (χ0v) is 13.5. The number of aromatic nitrogens is 3. The number of aryl methyl sites for hydroxylation is 1. The van der Waals surface area contributed by atoms with Crippen molar-refractivity contribution in [2.45, 2.75) is 6.92 Å². The largest absolute Gasteiger partial charge is 0.497 e. The molecule has 0 amide bonds. The molecule has 1 aromatic carbocycles. The molecule has 0 radical (unpaired) electrons. The highest BCUT2D eigenvalue weighted by Crippen LogP contribution is 2.24. The summed E-state index contributed by atoms with van der Waals surface area (Å²) in [5, 5.41) is 3.98. The first-order valence-electron chi connectivity index (χ1n) is 6.67. The summed E-state index contributed by atoms with van der Waals surface area (Å²) in [5.41, 5.74) is 0.111. The van der Waals surface area contributed by atoms with Gasteiger partial charge < -0.3 is 9.47 Å². The lowest BCUT2D eigenvalue weighted by Crippen LogP contribution is -2.27. The standard InChI is InChI=1S/C15H13N3O4S/c1-8-13(19)16-15-18(17-8)14(20)12(23-15)7-9-6-10(21-2)4-5-11(9)22-3/h4-7H,1-3H3/b12-7-. The van der Waals surface area contributed by atoms with Gasteiger partial charge >= 0.3 is 0 Å². The minimum Gasteiger partial charge on any atom is -0.497 e. The van der Waals surface area contributed by atoms with Crippen LogP contribution in [0.3, 0.4) is 0 Å². The average molecular weight is 331 g/mol. The van der Waals surface area contributed by atoms with Crippen LogP contribution >= 0.6 is 11.3 Å². The summed E-state index contributed by atoms with van der Waals surface area (Å²) in [6.07, 6.45) is 1.67. The third-order valence-corrected chi connectivity index (χ3v) is 4.22. The number of hydrogen-bond acceptors (Lipinski definition) is 7. The van der Waals surface area contributed by atoms with E-state index in [4.69, 9.17) is 9.47 Å². The van der Waals surface area contributed by atoms with Crippen molar-refractivity contribution < 1.29 is 9.47 Å². The molecule has 0 fully saturated rings. The second-order valence-corrected chi connectivity index (χ2v) is 5.73. The minimum atomic E-state index is -0.434. The van der Waals surface area contributed by atoms with Crippen LogP contribution in [0.15, 0.2) is 27.8 Å². The number of ether oxygens (including phenoxy) is 2. The number of benzene rings is 1. The molecule has 118 valence electrons. The predicted octanol–water partition coefficient (Wildman–Crippen LogP) is 0.385. The smallest absolute Gasteiger partial charge is 0.295 e. The Kier molecular flexibility index (Phi) is 3.83.